The number of carbonyl (C=O) groups excluding carboxylic acids is 1. The highest BCUT2D eigenvalue weighted by atomic mass is 32.2. The van der Waals surface area contributed by atoms with Crippen LogP contribution in [0.1, 0.15) is 35.2 Å². The molecule has 2 aromatic carbocycles. The number of nitrogens with one attached hydrogen (secondary N) is 2. The molecule has 1 amide bonds. The molecule has 30 heavy (non-hydrogen) atoms. The molecule has 1 saturated heterocycles. The summed E-state index contributed by atoms with van der Waals surface area (Å²) < 4.78 is 26.9. The number of piperidine rings is 1. The van der Waals surface area contributed by atoms with E-state index in [9.17, 15) is 13.2 Å². The van der Waals surface area contributed by atoms with Crippen LogP contribution >= 0.6 is 0 Å². The van der Waals surface area contributed by atoms with Crippen LogP contribution in [0.25, 0.3) is 6.08 Å². The molecule has 7 heteroatoms. The largest absolute Gasteiger partial charge is 0.352 e. The maximum Gasteiger partial charge on any atom is 0.255 e. The molecule has 0 atom stereocenters. The SMILES string of the molecule is CN1CCC(CCNC(=O)c2ccc(NS(=O)(=O)/C=C/c3ccccc3)cc2)CC1. The average molecular weight is 428 g/mol. The molecule has 2 aromatic rings. The van der Waals surface area contributed by atoms with Crippen molar-refractivity contribution in [1.82, 2.24) is 10.2 Å². The van der Waals surface area contributed by atoms with Crippen LogP contribution < -0.4 is 10.0 Å². The maximum atomic E-state index is 12.3. The number of hydrogen-bond acceptors (Lipinski definition) is 4. The molecule has 0 spiro atoms. The van der Waals surface area contributed by atoms with Crippen LogP contribution in [0.2, 0.25) is 0 Å². The molecule has 3 rings (SSSR count). The van der Waals surface area contributed by atoms with Gasteiger partial charge in [-0.15, -0.1) is 0 Å². The summed E-state index contributed by atoms with van der Waals surface area (Å²) in [6, 6.07) is 15.7. The lowest BCUT2D eigenvalue weighted by atomic mass is 9.94. The van der Waals surface area contributed by atoms with E-state index in [2.05, 4.69) is 22.0 Å². The smallest absolute Gasteiger partial charge is 0.255 e. The first kappa shape index (κ1) is 22.1. The van der Waals surface area contributed by atoms with Crippen molar-refractivity contribution in [3.8, 4) is 0 Å². The fourth-order valence-electron chi connectivity index (χ4n) is 3.46. The molecule has 0 bridgehead atoms. The van der Waals surface area contributed by atoms with Crippen molar-refractivity contribution in [2.24, 2.45) is 5.92 Å². The number of likely N-dealkylation sites (tertiary alicyclic amines) is 1. The van der Waals surface area contributed by atoms with Crippen LogP contribution in [0, 0.1) is 5.92 Å². The molecule has 1 aliphatic rings. The van der Waals surface area contributed by atoms with Crippen molar-refractivity contribution in [2.45, 2.75) is 19.3 Å². The molecule has 0 unspecified atom stereocenters. The lowest BCUT2D eigenvalue weighted by Crippen LogP contribution is -2.32. The Morgan fingerprint density at radius 3 is 2.40 bits per heavy atom. The fraction of sp³-hybridized carbons (Fsp3) is 0.348. The van der Waals surface area contributed by atoms with Crippen LogP contribution in [0.15, 0.2) is 60.0 Å². The van der Waals surface area contributed by atoms with Crippen molar-refractivity contribution < 1.29 is 13.2 Å². The van der Waals surface area contributed by atoms with Crippen molar-refractivity contribution in [3.63, 3.8) is 0 Å². The third kappa shape index (κ3) is 7.00. The molecule has 1 aliphatic heterocycles. The minimum Gasteiger partial charge on any atom is -0.352 e. The number of amides is 1. The van der Waals surface area contributed by atoms with Gasteiger partial charge in [0, 0.05) is 17.8 Å². The first-order chi connectivity index (χ1) is 14.4. The lowest BCUT2D eigenvalue weighted by molar-refractivity contribution is 0.0949. The van der Waals surface area contributed by atoms with E-state index in [4.69, 9.17) is 0 Å². The van der Waals surface area contributed by atoms with Gasteiger partial charge in [-0.05, 0) is 81.2 Å². The summed E-state index contributed by atoms with van der Waals surface area (Å²) in [6.07, 6.45) is 4.89. The van der Waals surface area contributed by atoms with Crippen LogP contribution in [0.4, 0.5) is 5.69 Å². The van der Waals surface area contributed by atoms with Crippen molar-refractivity contribution in [2.75, 3.05) is 31.4 Å². The second kappa shape index (κ2) is 10.4. The number of benzene rings is 2. The molecular weight excluding hydrogens is 398 g/mol. The van der Waals surface area contributed by atoms with Gasteiger partial charge in [0.1, 0.15) is 0 Å². The van der Waals surface area contributed by atoms with E-state index in [1.807, 2.05) is 30.3 Å². The van der Waals surface area contributed by atoms with Gasteiger partial charge in [0.15, 0.2) is 0 Å². The Labute approximate surface area is 179 Å². The highest BCUT2D eigenvalue weighted by Crippen LogP contribution is 2.19. The van der Waals surface area contributed by atoms with E-state index < -0.39 is 10.0 Å². The third-order valence-corrected chi connectivity index (χ3v) is 6.34. The Morgan fingerprint density at radius 1 is 1.07 bits per heavy atom. The molecule has 0 aromatic heterocycles. The Kier molecular flexibility index (Phi) is 7.65. The summed E-state index contributed by atoms with van der Waals surface area (Å²) in [7, 11) is -1.49. The second-order valence-corrected chi connectivity index (χ2v) is 9.30. The molecule has 1 fully saturated rings. The van der Waals surface area contributed by atoms with Gasteiger partial charge in [0.25, 0.3) is 15.9 Å². The highest BCUT2D eigenvalue weighted by Gasteiger charge is 2.16. The summed E-state index contributed by atoms with van der Waals surface area (Å²) in [5, 5.41) is 4.09. The number of carbonyl (C=O) groups is 1. The van der Waals surface area contributed by atoms with Gasteiger partial charge in [-0.25, -0.2) is 8.42 Å². The van der Waals surface area contributed by atoms with E-state index in [1.54, 1.807) is 24.3 Å². The van der Waals surface area contributed by atoms with Crippen LogP contribution in [-0.2, 0) is 10.0 Å². The van der Waals surface area contributed by atoms with Gasteiger partial charge in [0.2, 0.25) is 0 Å². The molecule has 0 saturated carbocycles. The number of sulfonamides is 1. The minimum atomic E-state index is -3.63. The minimum absolute atomic E-state index is 0.138. The van der Waals surface area contributed by atoms with Crippen molar-refractivity contribution >= 4 is 27.7 Å². The summed E-state index contributed by atoms with van der Waals surface area (Å²) in [6.45, 7) is 2.90. The van der Waals surface area contributed by atoms with Crippen molar-refractivity contribution in [3.05, 3.63) is 71.1 Å². The van der Waals surface area contributed by atoms with Gasteiger partial charge in [-0.3, -0.25) is 9.52 Å². The van der Waals surface area contributed by atoms with Crippen LogP contribution in [0.3, 0.4) is 0 Å². The zero-order chi connectivity index (χ0) is 21.4. The quantitative estimate of drug-likeness (QED) is 0.675. The monoisotopic (exact) mass is 427 g/mol. The van der Waals surface area contributed by atoms with Crippen LogP contribution in [-0.4, -0.2) is 45.9 Å². The molecule has 6 nitrogen and oxygen atoms in total. The standard InChI is InChI=1S/C23H29N3O3S/c1-26-16-12-20(13-17-26)11-15-24-23(27)21-7-9-22(10-8-21)25-30(28,29)18-14-19-5-3-2-4-6-19/h2-10,14,18,20,25H,11-13,15-17H2,1H3,(H,24,27)/b18-14+. The van der Waals surface area contributed by atoms with Crippen LogP contribution in [0.5, 0.6) is 0 Å². The zero-order valence-corrected chi connectivity index (χ0v) is 18.1. The molecule has 160 valence electrons. The Bertz CT molecular complexity index is 949. The van der Waals surface area contributed by atoms with Gasteiger partial charge in [-0.1, -0.05) is 30.3 Å². The van der Waals surface area contributed by atoms with Crippen molar-refractivity contribution in [1.29, 1.82) is 0 Å². The molecular formula is C23H29N3O3S. The Balaban J connectivity index is 1.48. The zero-order valence-electron chi connectivity index (χ0n) is 17.3. The maximum absolute atomic E-state index is 12.3. The van der Waals surface area contributed by atoms with E-state index in [0.717, 1.165) is 30.5 Å². The first-order valence-corrected chi connectivity index (χ1v) is 11.8. The van der Waals surface area contributed by atoms with Gasteiger partial charge < -0.3 is 10.2 Å². The third-order valence-electron chi connectivity index (χ3n) is 5.32. The second-order valence-electron chi connectivity index (χ2n) is 7.73. The molecule has 2 N–H and O–H groups in total. The number of nitrogens with zero attached hydrogens (tertiary/aromatic N) is 1. The van der Waals surface area contributed by atoms with E-state index in [-0.39, 0.29) is 5.91 Å². The van der Waals surface area contributed by atoms with E-state index >= 15 is 0 Å². The Morgan fingerprint density at radius 2 is 1.73 bits per heavy atom. The average Bonchev–Trinajstić information content (AvgIpc) is 2.75. The van der Waals surface area contributed by atoms with Gasteiger partial charge in [-0.2, -0.15) is 0 Å². The normalized spacial score (nSPS) is 15.9. The number of hydrogen-bond donors (Lipinski definition) is 2. The summed E-state index contributed by atoms with van der Waals surface area (Å²) in [4.78, 5) is 14.7. The fourth-order valence-corrected chi connectivity index (χ4v) is 4.33. The van der Waals surface area contributed by atoms with Gasteiger partial charge in [0.05, 0.1) is 5.41 Å². The lowest BCUT2D eigenvalue weighted by Gasteiger charge is -2.28. The molecule has 1 heterocycles. The van der Waals surface area contributed by atoms with Gasteiger partial charge >= 0.3 is 0 Å². The topological polar surface area (TPSA) is 78.5 Å². The number of rotatable bonds is 8. The highest BCUT2D eigenvalue weighted by molar-refractivity contribution is 7.95. The molecule has 0 radical (unpaired) electrons. The van der Waals surface area contributed by atoms with E-state index in [0.29, 0.717) is 23.7 Å². The Hall–Kier alpha value is -2.64. The molecule has 0 aliphatic carbocycles. The predicted molar refractivity (Wildman–Crippen MR) is 122 cm³/mol. The first-order valence-electron chi connectivity index (χ1n) is 10.2. The predicted octanol–water partition coefficient (Wildman–Crippen LogP) is 3.56. The summed E-state index contributed by atoms with van der Waals surface area (Å²) in [5.74, 6) is 0.531. The number of anilines is 1. The summed E-state index contributed by atoms with van der Waals surface area (Å²) >= 11 is 0. The summed E-state index contributed by atoms with van der Waals surface area (Å²) in [5.41, 5.74) is 1.73. The van der Waals surface area contributed by atoms with E-state index in [1.165, 1.54) is 18.9 Å².